The predicted molar refractivity (Wildman–Crippen MR) is 104 cm³/mol. The summed E-state index contributed by atoms with van der Waals surface area (Å²) in [6, 6.07) is 13.2. The summed E-state index contributed by atoms with van der Waals surface area (Å²) in [4.78, 5) is 23.9. The number of hydrogen-bond donors (Lipinski definition) is 1. The van der Waals surface area contributed by atoms with Gasteiger partial charge in [0.25, 0.3) is 0 Å². The molecule has 1 N–H and O–H groups in total. The van der Waals surface area contributed by atoms with Gasteiger partial charge in [-0.05, 0) is 60.2 Å². The first-order chi connectivity index (χ1) is 12.9. The van der Waals surface area contributed by atoms with Gasteiger partial charge >= 0.3 is 11.9 Å². The van der Waals surface area contributed by atoms with Gasteiger partial charge in [-0.2, -0.15) is 0 Å². The SMILES string of the molecule is CCOC(=O)c1ccc2c(c1)C(C)(C)CC(c1cccc(C(=O)OC)c1)N2. The highest BCUT2D eigenvalue weighted by molar-refractivity contribution is 5.91. The lowest BCUT2D eigenvalue weighted by Crippen LogP contribution is -2.31. The lowest BCUT2D eigenvalue weighted by molar-refractivity contribution is 0.0525. The molecule has 1 heterocycles. The van der Waals surface area contributed by atoms with Gasteiger partial charge in [0, 0.05) is 5.69 Å². The Labute approximate surface area is 159 Å². The first-order valence-corrected chi connectivity index (χ1v) is 9.12. The van der Waals surface area contributed by atoms with Crippen LogP contribution in [0.5, 0.6) is 0 Å². The molecular formula is C22H25NO4. The molecule has 27 heavy (non-hydrogen) atoms. The van der Waals surface area contributed by atoms with Crippen LogP contribution in [-0.4, -0.2) is 25.7 Å². The van der Waals surface area contributed by atoms with E-state index in [1.54, 1.807) is 19.1 Å². The number of nitrogens with one attached hydrogen (secondary N) is 1. The van der Waals surface area contributed by atoms with Crippen LogP contribution in [0.3, 0.4) is 0 Å². The Balaban J connectivity index is 1.93. The fourth-order valence-electron chi connectivity index (χ4n) is 3.63. The smallest absolute Gasteiger partial charge is 0.338 e. The average Bonchev–Trinajstić information content (AvgIpc) is 2.67. The third-order valence-corrected chi connectivity index (χ3v) is 5.01. The van der Waals surface area contributed by atoms with E-state index in [-0.39, 0.29) is 23.4 Å². The summed E-state index contributed by atoms with van der Waals surface area (Å²) in [5, 5.41) is 3.55. The molecule has 5 nitrogen and oxygen atoms in total. The van der Waals surface area contributed by atoms with Crippen molar-refractivity contribution >= 4 is 17.6 Å². The fraction of sp³-hybridized carbons (Fsp3) is 0.364. The van der Waals surface area contributed by atoms with Crippen LogP contribution in [0.15, 0.2) is 42.5 Å². The van der Waals surface area contributed by atoms with Crippen molar-refractivity contribution in [2.24, 2.45) is 0 Å². The summed E-state index contributed by atoms with van der Waals surface area (Å²) < 4.78 is 9.95. The van der Waals surface area contributed by atoms with Crippen LogP contribution in [0.25, 0.3) is 0 Å². The molecule has 1 unspecified atom stereocenters. The van der Waals surface area contributed by atoms with Gasteiger partial charge in [-0.1, -0.05) is 26.0 Å². The van der Waals surface area contributed by atoms with Crippen molar-refractivity contribution in [2.45, 2.75) is 38.6 Å². The molecule has 0 aromatic heterocycles. The van der Waals surface area contributed by atoms with Gasteiger partial charge in [-0.15, -0.1) is 0 Å². The lowest BCUT2D eigenvalue weighted by atomic mass is 9.73. The molecule has 1 aliphatic heterocycles. The zero-order valence-electron chi connectivity index (χ0n) is 16.2. The third kappa shape index (κ3) is 3.82. The van der Waals surface area contributed by atoms with E-state index in [0.717, 1.165) is 23.2 Å². The van der Waals surface area contributed by atoms with E-state index in [9.17, 15) is 9.59 Å². The topological polar surface area (TPSA) is 64.6 Å². The Kier molecular flexibility index (Phi) is 5.22. The number of esters is 2. The molecule has 0 spiro atoms. The number of rotatable bonds is 4. The second-order valence-corrected chi connectivity index (χ2v) is 7.38. The van der Waals surface area contributed by atoms with Gasteiger partial charge in [0.1, 0.15) is 0 Å². The number of hydrogen-bond acceptors (Lipinski definition) is 5. The van der Waals surface area contributed by atoms with E-state index in [1.807, 2.05) is 30.3 Å². The van der Waals surface area contributed by atoms with Crippen LogP contribution in [0.4, 0.5) is 5.69 Å². The molecule has 0 bridgehead atoms. The maximum atomic E-state index is 12.1. The zero-order chi connectivity index (χ0) is 19.6. The summed E-state index contributed by atoms with van der Waals surface area (Å²) in [5.41, 5.74) is 4.08. The molecular weight excluding hydrogens is 342 g/mol. The van der Waals surface area contributed by atoms with Crippen LogP contribution in [0.2, 0.25) is 0 Å². The molecule has 0 fully saturated rings. The second-order valence-electron chi connectivity index (χ2n) is 7.38. The fourth-order valence-corrected chi connectivity index (χ4v) is 3.63. The van der Waals surface area contributed by atoms with Gasteiger partial charge in [-0.3, -0.25) is 0 Å². The molecule has 0 saturated heterocycles. The van der Waals surface area contributed by atoms with Crippen LogP contribution in [0.1, 0.15) is 65.1 Å². The van der Waals surface area contributed by atoms with E-state index in [4.69, 9.17) is 9.47 Å². The van der Waals surface area contributed by atoms with Crippen molar-refractivity contribution in [3.8, 4) is 0 Å². The minimum atomic E-state index is -0.341. The van der Waals surface area contributed by atoms with Gasteiger partial charge in [-0.25, -0.2) is 9.59 Å². The number of anilines is 1. The maximum Gasteiger partial charge on any atom is 0.338 e. The van der Waals surface area contributed by atoms with Gasteiger partial charge < -0.3 is 14.8 Å². The highest BCUT2D eigenvalue weighted by Gasteiger charge is 2.34. The number of benzene rings is 2. The second kappa shape index (κ2) is 7.43. The normalized spacial score (nSPS) is 17.4. The maximum absolute atomic E-state index is 12.1. The van der Waals surface area contributed by atoms with Crippen molar-refractivity contribution in [3.63, 3.8) is 0 Å². The summed E-state index contributed by atoms with van der Waals surface area (Å²) in [6.07, 6.45) is 0.830. The third-order valence-electron chi connectivity index (χ3n) is 5.01. The van der Waals surface area contributed by atoms with Crippen molar-refractivity contribution in [3.05, 3.63) is 64.7 Å². The Bertz CT molecular complexity index is 872. The average molecular weight is 367 g/mol. The molecule has 142 valence electrons. The molecule has 0 aliphatic carbocycles. The van der Waals surface area contributed by atoms with Gasteiger partial charge in [0.15, 0.2) is 0 Å². The molecule has 5 heteroatoms. The summed E-state index contributed by atoms with van der Waals surface area (Å²) >= 11 is 0. The first kappa shape index (κ1) is 19.0. The molecule has 0 saturated carbocycles. The van der Waals surface area contributed by atoms with E-state index in [1.165, 1.54) is 7.11 Å². The monoisotopic (exact) mass is 367 g/mol. The standard InChI is InChI=1S/C22H25NO4/c1-5-27-21(25)16-9-10-18-17(12-16)22(2,3)13-19(23-18)14-7-6-8-15(11-14)20(24)26-4/h6-12,19,23H,5,13H2,1-4H3. The zero-order valence-corrected chi connectivity index (χ0v) is 16.2. The molecule has 1 aliphatic rings. The molecule has 0 radical (unpaired) electrons. The van der Waals surface area contributed by atoms with E-state index >= 15 is 0 Å². The predicted octanol–water partition coefficient (Wildman–Crippen LogP) is 4.48. The lowest BCUT2D eigenvalue weighted by Gasteiger charge is -2.39. The molecule has 0 amide bonds. The van der Waals surface area contributed by atoms with Crippen LogP contribution in [0, 0.1) is 0 Å². The number of carbonyl (C=O) groups is 2. The van der Waals surface area contributed by atoms with Crippen LogP contribution >= 0.6 is 0 Å². The minimum absolute atomic E-state index is 0.0607. The first-order valence-electron chi connectivity index (χ1n) is 9.12. The van der Waals surface area contributed by atoms with Crippen molar-refractivity contribution < 1.29 is 19.1 Å². The number of carbonyl (C=O) groups excluding carboxylic acids is 2. The number of methoxy groups -OCH3 is 1. The Morgan fingerprint density at radius 1 is 1.11 bits per heavy atom. The van der Waals surface area contributed by atoms with E-state index < -0.39 is 0 Å². The summed E-state index contributed by atoms with van der Waals surface area (Å²) in [5.74, 6) is -0.643. The van der Waals surface area contributed by atoms with E-state index in [2.05, 4.69) is 19.2 Å². The van der Waals surface area contributed by atoms with E-state index in [0.29, 0.717) is 17.7 Å². The number of fused-ring (bicyclic) bond motifs is 1. The van der Waals surface area contributed by atoms with Crippen molar-refractivity contribution in [1.29, 1.82) is 0 Å². The largest absolute Gasteiger partial charge is 0.465 e. The molecule has 3 rings (SSSR count). The summed E-state index contributed by atoms with van der Waals surface area (Å²) in [7, 11) is 1.38. The van der Waals surface area contributed by atoms with Crippen molar-refractivity contribution in [2.75, 3.05) is 19.0 Å². The van der Waals surface area contributed by atoms with Gasteiger partial charge in [0.05, 0.1) is 30.9 Å². The highest BCUT2D eigenvalue weighted by atomic mass is 16.5. The molecule has 2 aromatic rings. The van der Waals surface area contributed by atoms with Gasteiger partial charge in [0.2, 0.25) is 0 Å². The quantitative estimate of drug-likeness (QED) is 0.807. The highest BCUT2D eigenvalue weighted by Crippen LogP contribution is 2.44. The van der Waals surface area contributed by atoms with Crippen molar-refractivity contribution in [1.82, 2.24) is 0 Å². The summed E-state index contributed by atoms with van der Waals surface area (Å²) in [6.45, 7) is 6.49. The Hall–Kier alpha value is -2.82. The Morgan fingerprint density at radius 3 is 2.56 bits per heavy atom. The van der Waals surface area contributed by atoms with Crippen LogP contribution in [-0.2, 0) is 14.9 Å². The molecule has 2 aromatic carbocycles. The molecule has 1 atom stereocenters. The number of ether oxygens (including phenoxy) is 2. The Morgan fingerprint density at radius 2 is 1.85 bits per heavy atom. The minimum Gasteiger partial charge on any atom is -0.465 e. The van der Waals surface area contributed by atoms with Crippen LogP contribution < -0.4 is 5.32 Å².